The van der Waals surface area contributed by atoms with E-state index < -0.39 is 16.0 Å². The molecule has 0 radical (unpaired) electrons. The van der Waals surface area contributed by atoms with Gasteiger partial charge >= 0.3 is 0 Å². The molecular weight excluding hydrogens is 290 g/mol. The summed E-state index contributed by atoms with van der Waals surface area (Å²) in [5.41, 5.74) is 0.800. The molecule has 0 bridgehead atoms. The average Bonchev–Trinajstić information content (AvgIpc) is 2.75. The lowest BCUT2D eigenvalue weighted by atomic mass is 10.1. The van der Waals surface area contributed by atoms with E-state index in [1.165, 1.54) is 0 Å². The van der Waals surface area contributed by atoms with Crippen LogP contribution in [0.5, 0.6) is 0 Å². The number of carboxylic acids is 1. The van der Waals surface area contributed by atoms with Gasteiger partial charge in [-0.3, -0.25) is 0 Å². The number of nitrogens with zero attached hydrogens (tertiary/aromatic N) is 1. The van der Waals surface area contributed by atoms with Gasteiger partial charge in [0.25, 0.3) is 0 Å². The molecule has 1 aromatic carbocycles. The van der Waals surface area contributed by atoms with Crippen molar-refractivity contribution in [2.24, 2.45) is 0 Å². The molecule has 0 saturated carbocycles. The Morgan fingerprint density at radius 3 is 2.14 bits per heavy atom. The van der Waals surface area contributed by atoms with Gasteiger partial charge < -0.3 is 9.90 Å². The second-order valence-corrected chi connectivity index (χ2v) is 7.27. The Morgan fingerprint density at radius 1 is 1.05 bits per heavy atom. The van der Waals surface area contributed by atoms with Crippen LogP contribution in [0.15, 0.2) is 29.2 Å². The summed E-state index contributed by atoms with van der Waals surface area (Å²) >= 11 is 0. The quantitative estimate of drug-likeness (QED) is 0.810. The number of benzene rings is 1. The summed E-state index contributed by atoms with van der Waals surface area (Å²) in [7, 11) is -3.43. The van der Waals surface area contributed by atoms with E-state index in [0.717, 1.165) is 31.2 Å². The third-order valence-electron chi connectivity index (χ3n) is 3.74. The highest BCUT2D eigenvalue weighted by atomic mass is 32.2. The Balaban J connectivity index is 2.10. The molecule has 0 unspecified atom stereocenters. The Kier molecular flexibility index (Phi) is 5.36. The molecular formula is C15H20NO4S-. The zero-order chi connectivity index (χ0) is 15.3. The number of carbonyl (C=O) groups is 1. The van der Waals surface area contributed by atoms with Gasteiger partial charge in [0, 0.05) is 19.1 Å². The van der Waals surface area contributed by atoms with Gasteiger partial charge in [-0.05, 0) is 43.4 Å². The third kappa shape index (κ3) is 4.28. The summed E-state index contributed by atoms with van der Waals surface area (Å²) in [5.74, 6) is -1.10. The molecule has 1 aliphatic heterocycles. The summed E-state index contributed by atoms with van der Waals surface area (Å²) < 4.78 is 26.6. The highest BCUT2D eigenvalue weighted by molar-refractivity contribution is 7.89. The number of carbonyl (C=O) groups excluding carboxylic acids is 1. The monoisotopic (exact) mass is 310 g/mol. The minimum absolute atomic E-state index is 0.0573. The van der Waals surface area contributed by atoms with Crippen LogP contribution >= 0.6 is 0 Å². The van der Waals surface area contributed by atoms with Gasteiger partial charge in [0.15, 0.2) is 0 Å². The van der Waals surface area contributed by atoms with Crippen LogP contribution in [0.2, 0.25) is 0 Å². The molecule has 0 atom stereocenters. The zero-order valence-electron chi connectivity index (χ0n) is 12.0. The van der Waals surface area contributed by atoms with Crippen molar-refractivity contribution in [2.45, 2.75) is 43.4 Å². The molecule has 0 aliphatic carbocycles. The summed E-state index contributed by atoms with van der Waals surface area (Å²) in [6, 6.07) is 6.47. The van der Waals surface area contributed by atoms with E-state index in [9.17, 15) is 18.3 Å². The second kappa shape index (κ2) is 7.04. The fourth-order valence-electron chi connectivity index (χ4n) is 2.51. The van der Waals surface area contributed by atoms with Crippen molar-refractivity contribution in [1.29, 1.82) is 0 Å². The fourth-order valence-corrected chi connectivity index (χ4v) is 4.02. The molecule has 116 valence electrons. The van der Waals surface area contributed by atoms with Crippen LogP contribution in [0.3, 0.4) is 0 Å². The Morgan fingerprint density at radius 2 is 1.62 bits per heavy atom. The van der Waals surface area contributed by atoms with Crippen molar-refractivity contribution in [3.63, 3.8) is 0 Å². The summed E-state index contributed by atoms with van der Waals surface area (Å²) in [4.78, 5) is 10.7. The van der Waals surface area contributed by atoms with Gasteiger partial charge in [-0.1, -0.05) is 25.0 Å². The van der Waals surface area contributed by atoms with Crippen LogP contribution in [0.1, 0.15) is 37.7 Å². The van der Waals surface area contributed by atoms with Gasteiger partial charge in [-0.2, -0.15) is 4.31 Å². The number of aryl methyl sites for hydroxylation is 1. The first-order valence-electron chi connectivity index (χ1n) is 7.29. The molecule has 1 fully saturated rings. The lowest BCUT2D eigenvalue weighted by Crippen LogP contribution is -2.31. The molecule has 0 aromatic heterocycles. The molecule has 1 saturated heterocycles. The zero-order valence-corrected chi connectivity index (χ0v) is 12.8. The number of hydrogen-bond donors (Lipinski definition) is 0. The number of hydrogen-bond acceptors (Lipinski definition) is 4. The van der Waals surface area contributed by atoms with Crippen molar-refractivity contribution in [2.75, 3.05) is 13.1 Å². The first kappa shape index (κ1) is 16.0. The van der Waals surface area contributed by atoms with E-state index >= 15 is 0 Å². The van der Waals surface area contributed by atoms with E-state index in [-0.39, 0.29) is 11.3 Å². The van der Waals surface area contributed by atoms with Crippen molar-refractivity contribution < 1.29 is 18.3 Å². The summed E-state index contributed by atoms with van der Waals surface area (Å²) in [6.45, 7) is 1.16. The molecule has 0 N–H and O–H groups in total. The van der Waals surface area contributed by atoms with Crippen LogP contribution in [0.4, 0.5) is 0 Å². The van der Waals surface area contributed by atoms with E-state index in [1.54, 1.807) is 28.6 Å². The van der Waals surface area contributed by atoms with E-state index in [0.29, 0.717) is 19.5 Å². The van der Waals surface area contributed by atoms with Crippen molar-refractivity contribution in [1.82, 2.24) is 4.31 Å². The van der Waals surface area contributed by atoms with E-state index in [4.69, 9.17) is 0 Å². The van der Waals surface area contributed by atoms with E-state index in [2.05, 4.69) is 0 Å². The molecule has 1 aromatic rings. The molecule has 6 heteroatoms. The maximum Gasteiger partial charge on any atom is 0.243 e. The number of rotatable bonds is 5. The topological polar surface area (TPSA) is 77.5 Å². The number of sulfonamides is 1. The number of aliphatic carboxylic acids is 1. The van der Waals surface area contributed by atoms with Gasteiger partial charge in [-0.25, -0.2) is 8.42 Å². The van der Waals surface area contributed by atoms with Crippen molar-refractivity contribution >= 4 is 16.0 Å². The SMILES string of the molecule is O=C([O-])CCc1ccc(S(=O)(=O)N2CCCCCC2)cc1. The predicted molar refractivity (Wildman–Crippen MR) is 77.0 cm³/mol. The van der Waals surface area contributed by atoms with Crippen LogP contribution in [0, 0.1) is 0 Å². The van der Waals surface area contributed by atoms with Gasteiger partial charge in [0.2, 0.25) is 10.0 Å². The van der Waals surface area contributed by atoms with Gasteiger partial charge in [-0.15, -0.1) is 0 Å². The van der Waals surface area contributed by atoms with E-state index in [1.807, 2.05) is 0 Å². The van der Waals surface area contributed by atoms with Gasteiger partial charge in [0.1, 0.15) is 0 Å². The standard InChI is InChI=1S/C15H21NO4S/c17-15(18)10-7-13-5-8-14(9-6-13)21(19,20)16-11-3-1-2-4-12-16/h5-6,8-9H,1-4,7,10-12H2,(H,17,18)/p-1. The molecule has 21 heavy (non-hydrogen) atoms. The lowest BCUT2D eigenvalue weighted by Gasteiger charge is -2.20. The Bertz CT molecular complexity index is 572. The largest absolute Gasteiger partial charge is 0.550 e. The average molecular weight is 310 g/mol. The smallest absolute Gasteiger partial charge is 0.243 e. The molecule has 2 rings (SSSR count). The van der Waals surface area contributed by atoms with Crippen LogP contribution in [0.25, 0.3) is 0 Å². The first-order valence-corrected chi connectivity index (χ1v) is 8.73. The predicted octanol–water partition coefficient (Wildman–Crippen LogP) is 0.934. The van der Waals surface area contributed by atoms with Crippen molar-refractivity contribution in [3.8, 4) is 0 Å². The second-order valence-electron chi connectivity index (χ2n) is 5.33. The molecule has 5 nitrogen and oxygen atoms in total. The molecule has 0 amide bonds. The molecule has 0 spiro atoms. The highest BCUT2D eigenvalue weighted by Gasteiger charge is 2.24. The lowest BCUT2D eigenvalue weighted by molar-refractivity contribution is -0.305. The van der Waals surface area contributed by atoms with Crippen molar-refractivity contribution in [3.05, 3.63) is 29.8 Å². The Hall–Kier alpha value is -1.40. The minimum Gasteiger partial charge on any atom is -0.550 e. The minimum atomic E-state index is -3.43. The van der Waals surface area contributed by atoms with Crippen LogP contribution in [-0.4, -0.2) is 31.8 Å². The van der Waals surface area contributed by atoms with Crippen LogP contribution < -0.4 is 5.11 Å². The van der Waals surface area contributed by atoms with Gasteiger partial charge in [0.05, 0.1) is 4.90 Å². The molecule has 1 heterocycles. The normalized spacial score (nSPS) is 17.3. The van der Waals surface area contributed by atoms with Crippen LogP contribution in [-0.2, 0) is 21.2 Å². The Labute approximate surface area is 125 Å². The number of carboxylic acid groups (broad SMARTS) is 1. The third-order valence-corrected chi connectivity index (χ3v) is 5.66. The fraction of sp³-hybridized carbons (Fsp3) is 0.533. The maximum atomic E-state index is 12.5. The maximum absolute atomic E-state index is 12.5. The summed E-state index contributed by atoms with van der Waals surface area (Å²) in [5, 5.41) is 10.4. The summed E-state index contributed by atoms with van der Waals surface area (Å²) in [6.07, 6.45) is 4.26. The molecule has 1 aliphatic rings. The highest BCUT2D eigenvalue weighted by Crippen LogP contribution is 2.20. The first-order chi connectivity index (χ1) is 10.00.